The summed E-state index contributed by atoms with van der Waals surface area (Å²) < 4.78 is 3.95. The number of hydrogen-bond donors (Lipinski definition) is 0. The van der Waals surface area contributed by atoms with Crippen LogP contribution in [0.3, 0.4) is 0 Å². The highest BCUT2D eigenvalue weighted by Gasteiger charge is 2.43. The van der Waals surface area contributed by atoms with E-state index in [0.717, 1.165) is 132 Å². The summed E-state index contributed by atoms with van der Waals surface area (Å²) in [5.41, 5.74) is 22.3. The Morgan fingerprint density at radius 3 is 0.900 bits per heavy atom. The Labute approximate surface area is 590 Å². The van der Waals surface area contributed by atoms with Gasteiger partial charge in [0, 0.05) is 76.5 Å². The largest absolute Gasteiger partial charge is 0.289 e. The predicted octanol–water partition coefficient (Wildman–Crippen LogP) is 24.0. The molecule has 9 heteroatoms. The van der Waals surface area contributed by atoms with E-state index in [1.165, 1.54) is 21.5 Å². The van der Waals surface area contributed by atoms with Gasteiger partial charge in [0.15, 0.2) is 5.78 Å². The van der Waals surface area contributed by atoms with Gasteiger partial charge in [-0.3, -0.25) is 4.79 Å². The first-order chi connectivity index (χ1) is 48.3. The van der Waals surface area contributed by atoms with Gasteiger partial charge in [0.2, 0.25) is 0 Å². The monoisotopic (exact) mass is 1330 g/mol. The van der Waals surface area contributed by atoms with Crippen molar-refractivity contribution in [1.29, 1.82) is 0 Å². The molecular weight excluding hydrogens is 1250 g/mol. The Morgan fingerprint density at radius 1 is 0.380 bits per heavy atom. The quantitative estimate of drug-likeness (QED) is 0.0527. The highest BCUT2D eigenvalue weighted by atomic mass is 28.3. The summed E-state index contributed by atoms with van der Waals surface area (Å²) in [6, 6.07) is 69.9. The fourth-order valence-electron chi connectivity index (χ4n) is 17.5. The molecule has 1 unspecified atom stereocenters. The summed E-state index contributed by atoms with van der Waals surface area (Å²) >= 11 is 0. The van der Waals surface area contributed by atoms with Gasteiger partial charge in [0.25, 0.3) is 0 Å². The molecule has 0 spiro atoms. The van der Waals surface area contributed by atoms with Crippen LogP contribution in [-0.4, -0.2) is 51.9 Å². The van der Waals surface area contributed by atoms with Gasteiger partial charge in [-0.1, -0.05) is 258 Å². The second kappa shape index (κ2) is 26.1. The van der Waals surface area contributed by atoms with E-state index < -0.39 is 16.1 Å². The minimum Gasteiger partial charge on any atom is -0.289 e. The molecular formula is C91H86N6OSi2. The van der Waals surface area contributed by atoms with E-state index >= 15 is 0 Å². The van der Waals surface area contributed by atoms with E-state index in [0.29, 0.717) is 52.0 Å². The third kappa shape index (κ3) is 11.5. The highest BCUT2D eigenvalue weighted by Crippen LogP contribution is 2.46. The summed E-state index contributed by atoms with van der Waals surface area (Å²) in [6.45, 7) is 30.9. The van der Waals surface area contributed by atoms with E-state index in [-0.39, 0.29) is 5.78 Å². The number of carbonyl (C=O) groups is 1. The van der Waals surface area contributed by atoms with Crippen molar-refractivity contribution in [1.82, 2.24) is 30.0 Å². The van der Waals surface area contributed by atoms with Gasteiger partial charge in [-0.05, 0) is 167 Å². The number of ketones is 1. The van der Waals surface area contributed by atoms with Crippen LogP contribution in [0.15, 0.2) is 218 Å². The molecule has 7 nitrogen and oxygen atoms in total. The van der Waals surface area contributed by atoms with Crippen molar-refractivity contribution in [2.75, 3.05) is 0 Å². The Balaban J connectivity index is 0.733. The maximum atomic E-state index is 14.6. The van der Waals surface area contributed by atoms with Crippen LogP contribution in [0.5, 0.6) is 0 Å². The van der Waals surface area contributed by atoms with Crippen molar-refractivity contribution in [2.45, 2.75) is 136 Å². The molecule has 12 aromatic carbocycles. The molecule has 0 N–H and O–H groups in total. The van der Waals surface area contributed by atoms with Gasteiger partial charge >= 0.3 is 0 Å². The standard InChI is InChI=1S/C91H86N6OSi2/c1-56(2)99(57(3)4,58(5)6)40-38-77-79-46-67-22-14-18-26-71(67)50-83(79)89(84-51-72-27-19-15-23-68(72)47-80(77)84)96-54-87(92-94-96)65-34-30-63(31-35-65)44-75-42-62(13)43-76(91(75)98)45-64-32-36-66(37-33-64)88-55-97(95-93-88)90-85-52-73-28-20-16-24-69(73)48-81(85)78(39-41-100(59(7)8,60(9)10)61(11)12)82-49-70-25-17-21-29-74(70)53-86(82)90/h14-37,44-62H,42-43H2,1-13H3/b75-44-,76-45+. The first-order valence-electron chi connectivity index (χ1n) is 36.0. The van der Waals surface area contributed by atoms with E-state index in [9.17, 15) is 4.79 Å². The first-order valence-corrected chi connectivity index (χ1v) is 40.4. The number of fused-ring (bicyclic) bond motifs is 8. The van der Waals surface area contributed by atoms with Crippen LogP contribution >= 0.6 is 0 Å². The van der Waals surface area contributed by atoms with Gasteiger partial charge in [-0.25, -0.2) is 9.36 Å². The summed E-state index contributed by atoms with van der Waals surface area (Å²) in [6.07, 6.45) is 9.68. The lowest BCUT2D eigenvalue weighted by molar-refractivity contribution is -0.113. The minimum absolute atomic E-state index is 0.0912. The first kappa shape index (κ1) is 65.6. The fourth-order valence-corrected chi connectivity index (χ4v) is 27.9. The Bertz CT molecular complexity index is 5230. The fraction of sp³-hybridized carbons (Fsp3) is 0.242. The van der Waals surface area contributed by atoms with E-state index in [1.54, 1.807) is 0 Å². The average molecular weight is 1340 g/mol. The molecule has 1 aliphatic rings. The topological polar surface area (TPSA) is 78.5 Å². The second-order valence-corrected chi connectivity index (χ2v) is 41.4. The number of Topliss-reactive ketones (excluding diaryl/α,β-unsaturated/α-hetero) is 1. The summed E-state index contributed by atoms with van der Waals surface area (Å²) in [5.74, 6) is 8.33. The molecule has 15 rings (SSSR count). The van der Waals surface area contributed by atoms with Crippen LogP contribution in [0.25, 0.3) is 132 Å². The predicted molar refractivity (Wildman–Crippen MR) is 429 cm³/mol. The maximum Gasteiger partial charge on any atom is 0.185 e. The number of benzene rings is 12. The lowest BCUT2D eigenvalue weighted by atomic mass is 9.80. The van der Waals surface area contributed by atoms with E-state index in [4.69, 9.17) is 20.6 Å². The third-order valence-electron chi connectivity index (χ3n) is 22.4. The third-order valence-corrected chi connectivity index (χ3v) is 35.0. The molecule has 2 aromatic heterocycles. The number of aromatic nitrogens is 6. The lowest BCUT2D eigenvalue weighted by Crippen LogP contribution is -2.43. The molecule has 1 aliphatic carbocycles. The molecule has 494 valence electrons. The van der Waals surface area contributed by atoms with Crippen molar-refractivity contribution in [3.05, 3.63) is 240 Å². The number of nitrogens with zero attached hydrogens (tertiary/aromatic N) is 6. The minimum atomic E-state index is -2.11. The van der Waals surface area contributed by atoms with Crippen molar-refractivity contribution in [3.63, 3.8) is 0 Å². The zero-order valence-corrected chi connectivity index (χ0v) is 61.8. The van der Waals surface area contributed by atoms with Crippen LogP contribution in [0, 0.1) is 28.8 Å². The smallest absolute Gasteiger partial charge is 0.185 e. The van der Waals surface area contributed by atoms with Crippen molar-refractivity contribution >= 4 is 120 Å². The molecule has 0 bridgehead atoms. The van der Waals surface area contributed by atoms with Gasteiger partial charge in [0.05, 0.1) is 23.8 Å². The average Bonchev–Trinajstić information content (AvgIpc) is 0.954. The Kier molecular flexibility index (Phi) is 17.1. The molecule has 2 heterocycles. The van der Waals surface area contributed by atoms with Gasteiger partial charge in [-0.15, -0.1) is 21.3 Å². The highest BCUT2D eigenvalue weighted by molar-refractivity contribution is 6.91. The van der Waals surface area contributed by atoms with Crippen LogP contribution in [0.2, 0.25) is 33.2 Å². The number of carbonyl (C=O) groups excluding carboxylic acids is 1. The number of rotatable bonds is 12. The molecule has 0 saturated heterocycles. The molecule has 0 aliphatic heterocycles. The van der Waals surface area contributed by atoms with Crippen molar-refractivity contribution in [2.24, 2.45) is 5.92 Å². The molecule has 1 atom stereocenters. The van der Waals surface area contributed by atoms with Crippen LogP contribution < -0.4 is 0 Å². The van der Waals surface area contributed by atoms with Crippen molar-refractivity contribution < 1.29 is 4.79 Å². The zero-order valence-electron chi connectivity index (χ0n) is 59.8. The van der Waals surface area contributed by atoms with E-state index in [2.05, 4.69) is 332 Å². The van der Waals surface area contributed by atoms with E-state index in [1.807, 2.05) is 9.36 Å². The van der Waals surface area contributed by atoms with Gasteiger partial charge in [0.1, 0.15) is 27.5 Å². The second-order valence-electron chi connectivity index (χ2n) is 30.2. The lowest BCUT2D eigenvalue weighted by Gasteiger charge is -2.38. The van der Waals surface area contributed by atoms with Gasteiger partial charge in [-0.2, -0.15) is 0 Å². The molecule has 0 radical (unpaired) electrons. The molecule has 100 heavy (non-hydrogen) atoms. The Morgan fingerprint density at radius 2 is 0.640 bits per heavy atom. The molecule has 1 fully saturated rings. The molecule has 0 amide bonds. The summed E-state index contributed by atoms with van der Waals surface area (Å²) in [7, 11) is -4.22. The van der Waals surface area contributed by atoms with Crippen LogP contribution in [0.1, 0.15) is 125 Å². The van der Waals surface area contributed by atoms with Gasteiger partial charge < -0.3 is 0 Å². The van der Waals surface area contributed by atoms with Crippen LogP contribution in [0.4, 0.5) is 0 Å². The Hall–Kier alpha value is -10.3. The normalized spacial score (nSPS) is 14.9. The van der Waals surface area contributed by atoms with Crippen molar-refractivity contribution in [3.8, 4) is 56.8 Å². The molecule has 1 saturated carbocycles. The number of hydrogen-bond acceptors (Lipinski definition) is 5. The number of allylic oxidation sites excluding steroid dienone is 2. The zero-order chi connectivity index (χ0) is 69.5. The molecule has 14 aromatic rings. The van der Waals surface area contributed by atoms with Crippen LogP contribution in [-0.2, 0) is 4.79 Å². The summed E-state index contributed by atoms with van der Waals surface area (Å²) in [5, 5.41) is 37.7. The summed E-state index contributed by atoms with van der Waals surface area (Å²) in [4.78, 5) is 14.6. The maximum absolute atomic E-state index is 14.6. The SMILES string of the molecule is CC1C/C(=C/c2ccc(-c3cn(-c4c5cc6ccccc6cc5c(C#C[Si](C(C)C)(C(C)C)C(C)C)c5cc6ccccc6cc45)nn3)cc2)C(=O)/C(=C/c2ccc(-c3cn(-c4c5cc6ccccc6cc5c(C#C[Si](C(C)C)(C(C)C)C(C)C)c5cc6ccccc6cc45)nn3)cc2)C1.